The maximum atomic E-state index is 13.6. The van der Waals surface area contributed by atoms with Crippen molar-refractivity contribution < 1.29 is 4.74 Å². The molecule has 3 aromatic rings. The van der Waals surface area contributed by atoms with Crippen molar-refractivity contribution in [3.8, 4) is 17.0 Å². The van der Waals surface area contributed by atoms with Crippen molar-refractivity contribution in [2.45, 2.75) is 41.0 Å². The number of benzene rings is 1. The Morgan fingerprint density at radius 1 is 1.17 bits per heavy atom. The molecule has 1 aromatic carbocycles. The van der Waals surface area contributed by atoms with E-state index in [1.54, 1.807) is 13.3 Å². The molecule has 0 spiro atoms. The summed E-state index contributed by atoms with van der Waals surface area (Å²) in [6, 6.07) is 11.8. The fraction of sp³-hybridized carbons (Fsp3) is 0.280. The Morgan fingerprint density at radius 3 is 2.55 bits per heavy atom. The third-order valence-electron chi connectivity index (χ3n) is 4.63. The molecule has 0 saturated carbocycles. The third-order valence-corrected chi connectivity index (χ3v) is 4.63. The smallest absolute Gasteiger partial charge is 0.263 e. The number of fused-ring (bicyclic) bond motifs is 1. The number of aromatic nitrogens is 2. The minimum atomic E-state index is -0.0121. The van der Waals surface area contributed by atoms with Crippen molar-refractivity contribution in [2.24, 2.45) is 0 Å². The summed E-state index contributed by atoms with van der Waals surface area (Å²) in [5.41, 5.74) is 3.65. The van der Waals surface area contributed by atoms with E-state index in [0.717, 1.165) is 34.3 Å². The van der Waals surface area contributed by atoms with Crippen molar-refractivity contribution in [1.82, 2.24) is 9.55 Å². The van der Waals surface area contributed by atoms with Gasteiger partial charge in [0.15, 0.2) is 0 Å². The van der Waals surface area contributed by atoms with Gasteiger partial charge in [0, 0.05) is 23.7 Å². The first kappa shape index (κ1) is 22.2. The highest BCUT2D eigenvalue weighted by Gasteiger charge is 2.14. The van der Waals surface area contributed by atoms with E-state index in [1.807, 2.05) is 80.8 Å². The molecule has 0 N–H and O–H groups in total. The molecule has 2 aromatic heterocycles. The van der Waals surface area contributed by atoms with Gasteiger partial charge in [-0.15, -0.1) is 0 Å². The zero-order chi connectivity index (χ0) is 21.4. The van der Waals surface area contributed by atoms with Crippen LogP contribution in [0.1, 0.15) is 40.3 Å². The van der Waals surface area contributed by atoms with Crippen LogP contribution < -0.4 is 10.3 Å². The summed E-state index contributed by atoms with van der Waals surface area (Å²) in [7, 11) is 1.59. The summed E-state index contributed by atoms with van der Waals surface area (Å²) in [6.07, 6.45) is 8.34. The van der Waals surface area contributed by atoms with Gasteiger partial charge in [-0.2, -0.15) is 0 Å². The highest BCUT2D eigenvalue weighted by molar-refractivity contribution is 5.96. The molecule has 0 saturated heterocycles. The van der Waals surface area contributed by atoms with E-state index in [0.29, 0.717) is 11.3 Å². The molecule has 0 radical (unpaired) electrons. The topological polar surface area (TPSA) is 44.1 Å². The monoisotopic (exact) mass is 390 g/mol. The van der Waals surface area contributed by atoms with Gasteiger partial charge in [-0.05, 0) is 55.0 Å². The normalized spacial score (nSPS) is 11.4. The number of nitrogens with zero attached hydrogens (tertiary/aromatic N) is 2. The summed E-state index contributed by atoms with van der Waals surface area (Å²) < 4.78 is 7.06. The van der Waals surface area contributed by atoms with E-state index in [1.165, 1.54) is 0 Å². The molecule has 0 atom stereocenters. The van der Waals surface area contributed by atoms with E-state index in [9.17, 15) is 4.79 Å². The van der Waals surface area contributed by atoms with Gasteiger partial charge < -0.3 is 4.74 Å². The Balaban J connectivity index is 0.00000145. The largest absolute Gasteiger partial charge is 0.481 e. The third kappa shape index (κ3) is 4.48. The predicted octanol–water partition coefficient (Wildman–Crippen LogP) is 6.10. The molecular weight excluding hydrogens is 360 g/mol. The Labute approximate surface area is 173 Å². The lowest BCUT2D eigenvalue weighted by Crippen LogP contribution is -2.23. The number of pyridine rings is 2. The van der Waals surface area contributed by atoms with Gasteiger partial charge in [-0.25, -0.2) is 4.98 Å². The molecule has 29 heavy (non-hydrogen) atoms. The van der Waals surface area contributed by atoms with Crippen LogP contribution in [-0.2, 0) is 6.42 Å². The molecule has 0 bridgehead atoms. The maximum Gasteiger partial charge on any atom is 0.263 e. The number of hydrogen-bond acceptors (Lipinski definition) is 3. The van der Waals surface area contributed by atoms with Gasteiger partial charge in [0.05, 0.1) is 12.5 Å². The Hall–Kier alpha value is -3.14. The molecule has 3 rings (SSSR count). The fourth-order valence-corrected chi connectivity index (χ4v) is 3.36. The van der Waals surface area contributed by atoms with Gasteiger partial charge in [-0.1, -0.05) is 51.1 Å². The number of rotatable bonds is 5. The van der Waals surface area contributed by atoms with Crippen molar-refractivity contribution in [1.29, 1.82) is 0 Å². The van der Waals surface area contributed by atoms with E-state index >= 15 is 0 Å². The van der Waals surface area contributed by atoms with Gasteiger partial charge in [-0.3, -0.25) is 9.36 Å². The molecule has 152 valence electrons. The van der Waals surface area contributed by atoms with E-state index in [-0.39, 0.29) is 5.56 Å². The molecular formula is C25H30N2O2. The molecule has 0 aliphatic heterocycles. The van der Waals surface area contributed by atoms with Crippen molar-refractivity contribution in [3.05, 3.63) is 76.9 Å². The molecule has 0 unspecified atom stereocenters. The fourth-order valence-electron chi connectivity index (χ4n) is 3.36. The minimum absolute atomic E-state index is 0.0121. The van der Waals surface area contributed by atoms with Crippen LogP contribution in [-0.4, -0.2) is 16.7 Å². The van der Waals surface area contributed by atoms with Crippen molar-refractivity contribution in [3.63, 3.8) is 0 Å². The lowest BCUT2D eigenvalue weighted by Gasteiger charge is -2.16. The summed E-state index contributed by atoms with van der Waals surface area (Å²) in [5, 5.41) is 1.64. The van der Waals surface area contributed by atoms with E-state index in [2.05, 4.69) is 18.0 Å². The zero-order valence-electron chi connectivity index (χ0n) is 18.2. The summed E-state index contributed by atoms with van der Waals surface area (Å²) in [5.74, 6) is 0.526. The first-order chi connectivity index (χ1) is 14.1. The van der Waals surface area contributed by atoms with Crippen LogP contribution in [0.2, 0.25) is 0 Å². The molecule has 2 heterocycles. The minimum Gasteiger partial charge on any atom is -0.481 e. The lowest BCUT2D eigenvalue weighted by molar-refractivity contribution is 0.398. The van der Waals surface area contributed by atoms with Crippen LogP contribution in [0.15, 0.2) is 65.6 Å². The van der Waals surface area contributed by atoms with Crippen molar-refractivity contribution in [2.75, 3.05) is 7.11 Å². The molecule has 0 fully saturated rings. The summed E-state index contributed by atoms with van der Waals surface area (Å²) in [4.78, 5) is 17.7. The molecule has 0 amide bonds. The quantitative estimate of drug-likeness (QED) is 0.495. The number of hydrogen-bond donors (Lipinski definition) is 0. The Kier molecular flexibility index (Phi) is 7.96. The van der Waals surface area contributed by atoms with Gasteiger partial charge >= 0.3 is 0 Å². The Morgan fingerprint density at radius 2 is 1.93 bits per heavy atom. The zero-order valence-corrected chi connectivity index (χ0v) is 18.2. The highest BCUT2D eigenvalue weighted by atomic mass is 16.5. The molecule has 4 nitrogen and oxygen atoms in total. The maximum absolute atomic E-state index is 13.6. The predicted molar refractivity (Wildman–Crippen MR) is 123 cm³/mol. The van der Waals surface area contributed by atoms with Gasteiger partial charge in [0.1, 0.15) is 0 Å². The van der Waals surface area contributed by atoms with Crippen LogP contribution in [0.5, 0.6) is 5.88 Å². The van der Waals surface area contributed by atoms with Gasteiger partial charge in [0.2, 0.25) is 5.88 Å². The Bertz CT molecular complexity index is 1090. The number of ether oxygens (including phenoxy) is 1. The lowest BCUT2D eigenvalue weighted by atomic mass is 9.99. The summed E-state index contributed by atoms with van der Waals surface area (Å²) >= 11 is 0. The second-order valence-electron chi connectivity index (χ2n) is 6.20. The first-order valence-electron chi connectivity index (χ1n) is 10.1. The standard InChI is InChI=1S/C23H24N2O2.C2H6/c1-5-9-18(6-2)25-19(7-3)14-17-10-8-11-20(22(17)23(25)26)16-12-13-24-21(15-16)27-4;1-2/h5-6,8-15H,7H2,1-4H3;1-2H3/b9-5-,18-6+;. The molecule has 4 heteroatoms. The average molecular weight is 391 g/mol. The van der Waals surface area contributed by atoms with Crippen LogP contribution in [0.3, 0.4) is 0 Å². The number of aryl methyl sites for hydroxylation is 1. The van der Waals surface area contributed by atoms with Crippen LogP contribution in [0, 0.1) is 0 Å². The second kappa shape index (κ2) is 10.4. The van der Waals surface area contributed by atoms with Gasteiger partial charge in [0.25, 0.3) is 5.56 Å². The number of allylic oxidation sites excluding steroid dienone is 4. The van der Waals surface area contributed by atoms with E-state index in [4.69, 9.17) is 4.74 Å². The van der Waals surface area contributed by atoms with Crippen LogP contribution in [0.4, 0.5) is 0 Å². The average Bonchev–Trinajstić information content (AvgIpc) is 2.78. The van der Waals surface area contributed by atoms with Crippen molar-refractivity contribution >= 4 is 16.5 Å². The number of methoxy groups -OCH3 is 1. The van der Waals surface area contributed by atoms with Crippen LogP contribution >= 0.6 is 0 Å². The SMILES string of the molecule is C/C=C\C(=C/C)n1c(CC)cc2cccc(-c3ccnc(OC)c3)c2c1=O.CC. The summed E-state index contributed by atoms with van der Waals surface area (Å²) in [6.45, 7) is 9.97. The molecule has 0 aliphatic carbocycles. The molecule has 0 aliphatic rings. The van der Waals surface area contributed by atoms with E-state index < -0.39 is 0 Å². The van der Waals surface area contributed by atoms with Crippen LogP contribution in [0.25, 0.3) is 27.6 Å². The highest BCUT2D eigenvalue weighted by Crippen LogP contribution is 2.29. The second-order valence-corrected chi connectivity index (χ2v) is 6.20. The first-order valence-corrected chi connectivity index (χ1v) is 10.1.